The van der Waals surface area contributed by atoms with Crippen LogP contribution in [-0.2, 0) is 11.2 Å². The Morgan fingerprint density at radius 3 is 2.07 bits per heavy atom. The summed E-state index contributed by atoms with van der Waals surface area (Å²) in [7, 11) is 0. The Hall–Kier alpha value is -3.74. The van der Waals surface area contributed by atoms with Crippen molar-refractivity contribution >= 4 is 34.8 Å². The van der Waals surface area contributed by atoms with Crippen molar-refractivity contribution in [3.8, 4) is 0 Å². The van der Waals surface area contributed by atoms with Crippen molar-refractivity contribution in [1.29, 1.82) is 0 Å². The van der Waals surface area contributed by atoms with Gasteiger partial charge in [-0.05, 0) is 54.4 Å². The normalized spacial score (nSPS) is 10.2. The number of rotatable bonds is 6. The number of aromatic nitrogens is 2. The summed E-state index contributed by atoms with van der Waals surface area (Å²) < 4.78 is 0. The zero-order valence-electron chi connectivity index (χ0n) is 15.7. The molecule has 7 heteroatoms. The number of carbonyl (C=O) groups is 2. The fourth-order valence-electron chi connectivity index (χ4n) is 2.53. The molecule has 3 aromatic rings. The molecule has 0 aliphatic carbocycles. The van der Waals surface area contributed by atoms with E-state index in [2.05, 4.69) is 32.8 Å². The lowest BCUT2D eigenvalue weighted by Gasteiger charge is -2.09. The molecule has 0 radical (unpaired) electrons. The van der Waals surface area contributed by atoms with Gasteiger partial charge in [-0.2, -0.15) is 0 Å². The van der Waals surface area contributed by atoms with Crippen molar-refractivity contribution in [1.82, 2.24) is 9.97 Å². The van der Waals surface area contributed by atoms with Crippen LogP contribution >= 0.6 is 0 Å². The van der Waals surface area contributed by atoms with Gasteiger partial charge < -0.3 is 16.0 Å². The molecule has 28 heavy (non-hydrogen) atoms. The Morgan fingerprint density at radius 1 is 0.857 bits per heavy atom. The first-order chi connectivity index (χ1) is 13.5. The van der Waals surface area contributed by atoms with Crippen molar-refractivity contribution in [2.75, 3.05) is 16.0 Å². The molecular formula is C21H21N5O2. The van der Waals surface area contributed by atoms with Gasteiger partial charge in [0.1, 0.15) is 5.69 Å². The number of aryl methyl sites for hydroxylation is 1. The smallest absolute Gasteiger partial charge is 0.274 e. The summed E-state index contributed by atoms with van der Waals surface area (Å²) in [5.74, 6) is -0.154. The molecule has 2 aromatic carbocycles. The minimum atomic E-state index is -0.348. The third kappa shape index (κ3) is 5.14. The van der Waals surface area contributed by atoms with Crippen LogP contribution in [0, 0.1) is 0 Å². The van der Waals surface area contributed by atoms with Gasteiger partial charge in [-0.3, -0.25) is 9.59 Å². The lowest BCUT2D eigenvalue weighted by atomic mass is 10.1. The van der Waals surface area contributed by atoms with Crippen LogP contribution in [0.2, 0.25) is 0 Å². The number of benzene rings is 2. The molecule has 2 amide bonds. The van der Waals surface area contributed by atoms with E-state index in [0.29, 0.717) is 17.3 Å². The van der Waals surface area contributed by atoms with Crippen LogP contribution < -0.4 is 16.0 Å². The summed E-state index contributed by atoms with van der Waals surface area (Å²) in [6.07, 6.45) is 2.50. The van der Waals surface area contributed by atoms with Crippen LogP contribution in [0.15, 0.2) is 60.8 Å². The van der Waals surface area contributed by atoms with Crippen molar-refractivity contribution in [2.45, 2.75) is 20.3 Å². The Kier molecular flexibility index (Phi) is 5.96. The maximum Gasteiger partial charge on any atom is 0.274 e. The summed E-state index contributed by atoms with van der Waals surface area (Å²) in [6.45, 7) is 3.54. The average Bonchev–Trinajstić information content (AvgIpc) is 2.70. The molecule has 0 saturated heterocycles. The first-order valence-electron chi connectivity index (χ1n) is 8.91. The first-order valence-corrected chi connectivity index (χ1v) is 8.91. The molecule has 0 spiro atoms. The fourth-order valence-corrected chi connectivity index (χ4v) is 2.53. The van der Waals surface area contributed by atoms with Gasteiger partial charge in [0.05, 0.1) is 0 Å². The lowest BCUT2D eigenvalue weighted by Crippen LogP contribution is -2.15. The predicted octanol–water partition coefficient (Wildman–Crippen LogP) is 3.99. The van der Waals surface area contributed by atoms with Crippen LogP contribution in [-0.4, -0.2) is 21.8 Å². The first kappa shape index (κ1) is 19.0. The van der Waals surface area contributed by atoms with E-state index in [1.54, 1.807) is 30.3 Å². The van der Waals surface area contributed by atoms with Crippen molar-refractivity contribution in [2.24, 2.45) is 0 Å². The average molecular weight is 375 g/mol. The van der Waals surface area contributed by atoms with Crippen LogP contribution in [0.1, 0.15) is 29.9 Å². The lowest BCUT2D eigenvalue weighted by molar-refractivity contribution is -0.114. The van der Waals surface area contributed by atoms with Gasteiger partial charge in [-0.1, -0.05) is 19.1 Å². The van der Waals surface area contributed by atoms with E-state index in [0.717, 1.165) is 12.1 Å². The zero-order chi connectivity index (χ0) is 19.9. The molecule has 7 nitrogen and oxygen atoms in total. The number of anilines is 4. The van der Waals surface area contributed by atoms with Gasteiger partial charge in [-0.25, -0.2) is 9.97 Å². The molecule has 0 atom stereocenters. The van der Waals surface area contributed by atoms with E-state index < -0.39 is 0 Å². The molecule has 0 aliphatic rings. The van der Waals surface area contributed by atoms with Gasteiger partial charge in [-0.15, -0.1) is 0 Å². The van der Waals surface area contributed by atoms with Crippen LogP contribution in [0.5, 0.6) is 0 Å². The quantitative estimate of drug-likeness (QED) is 0.605. The molecule has 3 rings (SSSR count). The number of amides is 2. The SMILES string of the molecule is CCc1ccc(Nc2nccc(C(=O)Nc3ccc(NC(C)=O)cc3)n2)cc1. The molecule has 1 heterocycles. The van der Waals surface area contributed by atoms with Gasteiger partial charge in [0.25, 0.3) is 5.91 Å². The Bertz CT molecular complexity index is 969. The van der Waals surface area contributed by atoms with Crippen molar-refractivity contribution in [3.63, 3.8) is 0 Å². The number of nitrogens with zero attached hydrogens (tertiary/aromatic N) is 2. The van der Waals surface area contributed by atoms with E-state index >= 15 is 0 Å². The van der Waals surface area contributed by atoms with Gasteiger partial charge in [0, 0.05) is 30.2 Å². The van der Waals surface area contributed by atoms with E-state index in [9.17, 15) is 9.59 Å². The largest absolute Gasteiger partial charge is 0.326 e. The highest BCUT2D eigenvalue weighted by molar-refractivity contribution is 6.03. The highest BCUT2D eigenvalue weighted by Crippen LogP contribution is 2.16. The Morgan fingerprint density at radius 2 is 1.46 bits per heavy atom. The molecule has 0 bridgehead atoms. The standard InChI is InChI=1S/C21H21N5O2/c1-3-15-4-6-18(7-5-15)25-21-22-13-12-19(26-21)20(28)24-17-10-8-16(9-11-17)23-14(2)27/h4-13H,3H2,1-2H3,(H,23,27)(H,24,28)(H,22,25,26). The van der Waals surface area contributed by atoms with E-state index in [1.165, 1.54) is 18.7 Å². The molecule has 0 aliphatic heterocycles. The summed E-state index contributed by atoms with van der Waals surface area (Å²) in [5, 5.41) is 8.55. The van der Waals surface area contributed by atoms with Gasteiger partial charge in [0.2, 0.25) is 11.9 Å². The number of nitrogens with one attached hydrogen (secondary N) is 3. The molecule has 0 fully saturated rings. The number of hydrogen-bond donors (Lipinski definition) is 3. The highest BCUT2D eigenvalue weighted by Gasteiger charge is 2.10. The maximum absolute atomic E-state index is 12.5. The molecule has 142 valence electrons. The molecule has 1 aromatic heterocycles. The third-order valence-electron chi connectivity index (χ3n) is 3.97. The van der Waals surface area contributed by atoms with Crippen molar-refractivity contribution in [3.05, 3.63) is 72.1 Å². The van der Waals surface area contributed by atoms with Crippen LogP contribution in [0.3, 0.4) is 0 Å². The minimum absolute atomic E-state index is 0.151. The second kappa shape index (κ2) is 8.77. The summed E-state index contributed by atoms with van der Waals surface area (Å²) >= 11 is 0. The Labute approximate surface area is 163 Å². The second-order valence-electron chi connectivity index (χ2n) is 6.15. The van der Waals surface area contributed by atoms with Gasteiger partial charge in [0.15, 0.2) is 0 Å². The molecular weight excluding hydrogens is 354 g/mol. The third-order valence-corrected chi connectivity index (χ3v) is 3.97. The second-order valence-corrected chi connectivity index (χ2v) is 6.15. The predicted molar refractivity (Wildman–Crippen MR) is 110 cm³/mol. The topological polar surface area (TPSA) is 96.0 Å². The number of hydrogen-bond acceptors (Lipinski definition) is 5. The molecule has 3 N–H and O–H groups in total. The minimum Gasteiger partial charge on any atom is -0.326 e. The monoisotopic (exact) mass is 375 g/mol. The zero-order valence-corrected chi connectivity index (χ0v) is 15.7. The van der Waals surface area contributed by atoms with E-state index in [4.69, 9.17) is 0 Å². The highest BCUT2D eigenvalue weighted by atomic mass is 16.2. The fraction of sp³-hybridized carbons (Fsp3) is 0.143. The summed E-state index contributed by atoms with van der Waals surface area (Å²) in [4.78, 5) is 32.0. The van der Waals surface area contributed by atoms with Gasteiger partial charge >= 0.3 is 0 Å². The number of carbonyl (C=O) groups excluding carboxylic acids is 2. The van der Waals surface area contributed by atoms with E-state index in [1.807, 2.05) is 24.3 Å². The maximum atomic E-state index is 12.5. The molecule has 0 saturated carbocycles. The Balaban J connectivity index is 1.66. The van der Waals surface area contributed by atoms with Crippen molar-refractivity contribution < 1.29 is 9.59 Å². The van der Waals surface area contributed by atoms with Crippen LogP contribution in [0.4, 0.5) is 23.0 Å². The molecule has 0 unspecified atom stereocenters. The van der Waals surface area contributed by atoms with Crippen LogP contribution in [0.25, 0.3) is 0 Å². The van der Waals surface area contributed by atoms with E-state index in [-0.39, 0.29) is 17.5 Å². The summed E-state index contributed by atoms with van der Waals surface area (Å²) in [6, 6.07) is 16.3. The summed E-state index contributed by atoms with van der Waals surface area (Å²) in [5.41, 5.74) is 3.59.